The number of urea groups is 1. The third kappa shape index (κ3) is 4.73. The monoisotopic (exact) mass is 386 g/mol. The lowest BCUT2D eigenvalue weighted by Crippen LogP contribution is -2.51. The van der Waals surface area contributed by atoms with Crippen LogP contribution in [0.15, 0.2) is 24.3 Å². The van der Waals surface area contributed by atoms with Crippen molar-refractivity contribution in [3.63, 3.8) is 0 Å². The van der Waals surface area contributed by atoms with E-state index in [2.05, 4.69) is 60.2 Å². The highest BCUT2D eigenvalue weighted by atomic mass is 16.2. The fraction of sp³-hybridized carbons (Fsp3) is 0.636. The average Bonchev–Trinajstić information content (AvgIpc) is 2.87. The summed E-state index contributed by atoms with van der Waals surface area (Å²) in [4.78, 5) is 31.3. The van der Waals surface area contributed by atoms with Crippen LogP contribution in [0.1, 0.15) is 44.7 Å². The van der Waals surface area contributed by atoms with Crippen molar-refractivity contribution in [1.29, 1.82) is 0 Å². The van der Waals surface area contributed by atoms with Gasteiger partial charge >= 0.3 is 6.03 Å². The van der Waals surface area contributed by atoms with Crippen LogP contribution in [0.3, 0.4) is 0 Å². The van der Waals surface area contributed by atoms with Gasteiger partial charge in [-0.25, -0.2) is 9.69 Å². The molecule has 1 aromatic rings. The van der Waals surface area contributed by atoms with Crippen LogP contribution in [0.4, 0.5) is 4.79 Å². The van der Waals surface area contributed by atoms with Gasteiger partial charge in [-0.3, -0.25) is 14.6 Å². The summed E-state index contributed by atoms with van der Waals surface area (Å²) in [5.41, 5.74) is 1.93. The van der Waals surface area contributed by atoms with E-state index in [1.807, 2.05) is 6.92 Å². The van der Waals surface area contributed by atoms with Crippen molar-refractivity contribution in [2.75, 3.05) is 32.8 Å². The van der Waals surface area contributed by atoms with Crippen LogP contribution < -0.4 is 5.32 Å². The maximum absolute atomic E-state index is 12.9. The van der Waals surface area contributed by atoms with Crippen molar-refractivity contribution in [2.24, 2.45) is 5.92 Å². The molecule has 3 amide bonds. The van der Waals surface area contributed by atoms with Crippen LogP contribution in [-0.2, 0) is 11.3 Å². The van der Waals surface area contributed by atoms with Gasteiger partial charge in [0.1, 0.15) is 5.54 Å². The topological polar surface area (TPSA) is 55.9 Å². The minimum Gasteiger partial charge on any atom is -0.323 e. The minimum atomic E-state index is -0.756. The fourth-order valence-electron chi connectivity index (χ4n) is 3.94. The Morgan fingerprint density at radius 2 is 1.71 bits per heavy atom. The van der Waals surface area contributed by atoms with Crippen LogP contribution in [0.5, 0.6) is 0 Å². The predicted molar refractivity (Wildman–Crippen MR) is 111 cm³/mol. The summed E-state index contributed by atoms with van der Waals surface area (Å²) in [6, 6.07) is 8.25. The standard InChI is InChI=1S/C22H34N4O2/c1-17(2)9-10-22(4)20(27)26(21(28)23-22)16-25-13-11-24(12-14-25)15-19-8-6-5-7-18(19)3/h5-8,17H,9-16H2,1-4H3,(H,23,28)/t22-/m1/s1. The Hall–Kier alpha value is -1.92. The molecule has 28 heavy (non-hydrogen) atoms. The van der Waals surface area contributed by atoms with Gasteiger partial charge in [-0.15, -0.1) is 0 Å². The number of hydrogen-bond acceptors (Lipinski definition) is 4. The quantitative estimate of drug-likeness (QED) is 0.732. The molecular weight excluding hydrogens is 352 g/mol. The number of benzene rings is 1. The minimum absolute atomic E-state index is 0.0829. The molecule has 0 unspecified atom stereocenters. The van der Waals surface area contributed by atoms with Crippen molar-refractivity contribution < 1.29 is 9.59 Å². The Kier molecular flexibility index (Phi) is 6.40. The number of carbonyl (C=O) groups excluding carboxylic acids is 2. The van der Waals surface area contributed by atoms with Crippen LogP contribution in [0.25, 0.3) is 0 Å². The van der Waals surface area contributed by atoms with Gasteiger partial charge in [-0.2, -0.15) is 0 Å². The van der Waals surface area contributed by atoms with E-state index in [1.165, 1.54) is 16.0 Å². The van der Waals surface area contributed by atoms with Crippen LogP contribution >= 0.6 is 0 Å². The van der Waals surface area contributed by atoms with Crippen molar-refractivity contribution in [1.82, 2.24) is 20.0 Å². The second kappa shape index (κ2) is 8.62. The number of carbonyl (C=O) groups is 2. The summed E-state index contributed by atoms with van der Waals surface area (Å²) in [7, 11) is 0. The van der Waals surface area contributed by atoms with E-state index in [0.29, 0.717) is 19.0 Å². The molecular formula is C22H34N4O2. The molecule has 1 N–H and O–H groups in total. The number of imide groups is 1. The number of aryl methyl sites for hydroxylation is 1. The number of piperazine rings is 1. The smallest absolute Gasteiger partial charge is 0.323 e. The highest BCUT2D eigenvalue weighted by molar-refractivity contribution is 6.06. The Bertz CT molecular complexity index is 712. The van der Waals surface area contributed by atoms with E-state index in [-0.39, 0.29) is 11.9 Å². The van der Waals surface area contributed by atoms with E-state index < -0.39 is 5.54 Å². The summed E-state index contributed by atoms with van der Waals surface area (Å²) in [5.74, 6) is 0.428. The van der Waals surface area contributed by atoms with Gasteiger partial charge in [0.2, 0.25) is 0 Å². The third-order valence-electron chi connectivity index (χ3n) is 6.03. The van der Waals surface area contributed by atoms with Crippen LogP contribution in [0.2, 0.25) is 0 Å². The van der Waals surface area contributed by atoms with E-state index in [0.717, 1.165) is 39.1 Å². The zero-order valence-electron chi connectivity index (χ0n) is 17.7. The number of hydrogen-bond donors (Lipinski definition) is 1. The Morgan fingerprint density at radius 3 is 2.36 bits per heavy atom. The van der Waals surface area contributed by atoms with Crippen LogP contribution in [-0.4, -0.2) is 65.0 Å². The Morgan fingerprint density at radius 1 is 1.07 bits per heavy atom. The zero-order valence-corrected chi connectivity index (χ0v) is 17.7. The van der Waals surface area contributed by atoms with E-state index in [9.17, 15) is 9.59 Å². The first kappa shape index (κ1) is 20.8. The first-order valence-electron chi connectivity index (χ1n) is 10.4. The lowest BCUT2D eigenvalue weighted by Gasteiger charge is -2.36. The Labute approximate surface area is 168 Å². The first-order chi connectivity index (χ1) is 13.3. The molecule has 2 heterocycles. The predicted octanol–water partition coefficient (Wildman–Crippen LogP) is 2.82. The molecule has 6 heteroatoms. The highest BCUT2D eigenvalue weighted by Crippen LogP contribution is 2.25. The maximum atomic E-state index is 12.9. The van der Waals surface area contributed by atoms with E-state index in [1.54, 1.807) is 0 Å². The molecule has 0 radical (unpaired) electrons. The normalized spacial score (nSPS) is 24.2. The van der Waals surface area contributed by atoms with Crippen molar-refractivity contribution >= 4 is 11.9 Å². The number of rotatable bonds is 7. The zero-order chi connectivity index (χ0) is 20.3. The molecule has 2 aliphatic heterocycles. The van der Waals surface area contributed by atoms with Crippen LogP contribution in [0, 0.1) is 12.8 Å². The van der Waals surface area contributed by atoms with Gasteiger partial charge in [-0.05, 0) is 43.7 Å². The lowest BCUT2D eigenvalue weighted by atomic mass is 9.92. The summed E-state index contributed by atoms with van der Waals surface area (Å²) >= 11 is 0. The second-order valence-corrected chi connectivity index (χ2v) is 8.89. The summed E-state index contributed by atoms with van der Waals surface area (Å²) in [5, 5.41) is 2.92. The molecule has 1 atom stereocenters. The molecule has 0 aliphatic carbocycles. The fourth-order valence-corrected chi connectivity index (χ4v) is 3.94. The van der Waals surface area contributed by atoms with Crippen molar-refractivity contribution in [3.05, 3.63) is 35.4 Å². The number of amides is 3. The Balaban J connectivity index is 1.51. The van der Waals surface area contributed by atoms with Gasteiger partial charge in [0.05, 0.1) is 6.67 Å². The van der Waals surface area contributed by atoms with Gasteiger partial charge in [0.15, 0.2) is 0 Å². The first-order valence-corrected chi connectivity index (χ1v) is 10.4. The molecule has 0 bridgehead atoms. The largest absolute Gasteiger partial charge is 0.326 e. The lowest BCUT2D eigenvalue weighted by molar-refractivity contribution is -0.132. The van der Waals surface area contributed by atoms with Crippen molar-refractivity contribution in [2.45, 2.75) is 52.6 Å². The van der Waals surface area contributed by atoms with Gasteiger partial charge in [-0.1, -0.05) is 38.1 Å². The molecule has 154 valence electrons. The molecule has 6 nitrogen and oxygen atoms in total. The summed E-state index contributed by atoms with van der Waals surface area (Å²) < 4.78 is 0. The molecule has 3 rings (SSSR count). The molecule has 2 fully saturated rings. The summed E-state index contributed by atoms with van der Waals surface area (Å²) in [6.45, 7) is 13.3. The number of nitrogens with one attached hydrogen (secondary N) is 1. The third-order valence-corrected chi connectivity index (χ3v) is 6.03. The molecule has 2 saturated heterocycles. The molecule has 2 aliphatic rings. The SMILES string of the molecule is Cc1ccccc1CN1CCN(CN2C(=O)N[C@](C)(CCC(C)C)C2=O)CC1. The molecule has 0 aromatic heterocycles. The van der Waals surface area contributed by atoms with Gasteiger partial charge in [0.25, 0.3) is 5.91 Å². The van der Waals surface area contributed by atoms with Gasteiger partial charge < -0.3 is 5.32 Å². The van der Waals surface area contributed by atoms with E-state index >= 15 is 0 Å². The molecule has 1 aromatic carbocycles. The number of nitrogens with zero attached hydrogens (tertiary/aromatic N) is 3. The highest BCUT2D eigenvalue weighted by Gasteiger charge is 2.47. The maximum Gasteiger partial charge on any atom is 0.326 e. The average molecular weight is 387 g/mol. The van der Waals surface area contributed by atoms with Crippen molar-refractivity contribution in [3.8, 4) is 0 Å². The molecule has 0 spiro atoms. The summed E-state index contributed by atoms with van der Waals surface area (Å²) in [6.07, 6.45) is 1.61. The second-order valence-electron chi connectivity index (χ2n) is 8.89. The van der Waals surface area contributed by atoms with Gasteiger partial charge in [0, 0.05) is 32.7 Å². The van der Waals surface area contributed by atoms with E-state index in [4.69, 9.17) is 0 Å². The molecule has 0 saturated carbocycles.